The first-order valence-electron chi connectivity index (χ1n) is 5.77. The predicted octanol–water partition coefficient (Wildman–Crippen LogP) is 1.59. The monoisotopic (exact) mass is 210 g/mol. The van der Waals surface area contributed by atoms with Crippen molar-refractivity contribution in [2.24, 2.45) is 0 Å². The summed E-state index contributed by atoms with van der Waals surface area (Å²) < 4.78 is 1.91. The molecular formula is C11H22N4. The summed E-state index contributed by atoms with van der Waals surface area (Å²) in [5, 5.41) is 4.16. The van der Waals surface area contributed by atoms with Crippen LogP contribution in [0.4, 0.5) is 5.82 Å². The van der Waals surface area contributed by atoms with Crippen molar-refractivity contribution in [3.8, 4) is 0 Å². The zero-order valence-corrected chi connectivity index (χ0v) is 9.82. The normalized spacial score (nSPS) is 11.1. The molecule has 0 aliphatic rings. The van der Waals surface area contributed by atoms with Gasteiger partial charge in [0, 0.05) is 12.7 Å². The van der Waals surface area contributed by atoms with E-state index < -0.39 is 0 Å². The van der Waals surface area contributed by atoms with E-state index in [2.05, 4.69) is 23.8 Å². The lowest BCUT2D eigenvalue weighted by atomic mass is 10.3. The third-order valence-corrected chi connectivity index (χ3v) is 2.51. The average molecular weight is 210 g/mol. The zero-order chi connectivity index (χ0) is 11.1. The highest BCUT2D eigenvalue weighted by Gasteiger charge is 2.00. The molecule has 1 rings (SSSR count). The van der Waals surface area contributed by atoms with Crippen LogP contribution in [-0.2, 0) is 6.54 Å². The number of hydrogen-bond acceptors (Lipinski definition) is 3. The standard InChI is InChI=1S/C11H22N4/c1-3-7-14(4-2)8-5-9-15-10-6-11(12)13-15/h6,10H,3-5,7-9H2,1-2H3,(H2,12,13). The van der Waals surface area contributed by atoms with Crippen LogP contribution in [0.3, 0.4) is 0 Å². The minimum Gasteiger partial charge on any atom is -0.382 e. The van der Waals surface area contributed by atoms with Crippen LogP contribution in [0.15, 0.2) is 12.3 Å². The van der Waals surface area contributed by atoms with Crippen LogP contribution >= 0.6 is 0 Å². The first-order valence-corrected chi connectivity index (χ1v) is 5.77. The van der Waals surface area contributed by atoms with E-state index in [1.54, 1.807) is 0 Å². The van der Waals surface area contributed by atoms with Gasteiger partial charge in [-0.15, -0.1) is 0 Å². The molecule has 4 nitrogen and oxygen atoms in total. The van der Waals surface area contributed by atoms with Gasteiger partial charge in [0.2, 0.25) is 0 Å². The largest absolute Gasteiger partial charge is 0.382 e. The minimum atomic E-state index is 0.607. The fraction of sp³-hybridized carbons (Fsp3) is 0.727. The molecule has 0 bridgehead atoms. The highest BCUT2D eigenvalue weighted by molar-refractivity contribution is 5.23. The minimum absolute atomic E-state index is 0.607. The Hall–Kier alpha value is -1.03. The number of rotatable bonds is 7. The van der Waals surface area contributed by atoms with E-state index in [9.17, 15) is 0 Å². The van der Waals surface area contributed by atoms with E-state index in [-0.39, 0.29) is 0 Å². The third kappa shape index (κ3) is 4.34. The fourth-order valence-electron chi connectivity index (χ4n) is 1.70. The summed E-state index contributed by atoms with van der Waals surface area (Å²) in [6.07, 6.45) is 4.29. The van der Waals surface area contributed by atoms with Crippen molar-refractivity contribution >= 4 is 5.82 Å². The van der Waals surface area contributed by atoms with Crippen molar-refractivity contribution in [3.05, 3.63) is 12.3 Å². The molecular weight excluding hydrogens is 188 g/mol. The Morgan fingerprint density at radius 3 is 2.73 bits per heavy atom. The molecule has 0 aromatic carbocycles. The second-order valence-corrected chi connectivity index (χ2v) is 3.79. The second-order valence-electron chi connectivity index (χ2n) is 3.79. The van der Waals surface area contributed by atoms with E-state index in [1.807, 2.05) is 16.9 Å². The molecule has 0 aliphatic heterocycles. The molecule has 0 aliphatic carbocycles. The molecule has 1 aromatic rings. The molecule has 0 spiro atoms. The summed E-state index contributed by atoms with van der Waals surface area (Å²) in [4.78, 5) is 2.47. The number of aryl methyl sites for hydroxylation is 1. The lowest BCUT2D eigenvalue weighted by molar-refractivity contribution is 0.277. The lowest BCUT2D eigenvalue weighted by Gasteiger charge is -2.19. The Balaban J connectivity index is 2.20. The van der Waals surface area contributed by atoms with Crippen LogP contribution in [0.5, 0.6) is 0 Å². The van der Waals surface area contributed by atoms with E-state index in [1.165, 1.54) is 13.0 Å². The Morgan fingerprint density at radius 2 is 2.20 bits per heavy atom. The summed E-state index contributed by atoms with van der Waals surface area (Å²) in [5.41, 5.74) is 5.54. The number of nitrogen functional groups attached to an aromatic ring is 1. The summed E-state index contributed by atoms with van der Waals surface area (Å²) in [6.45, 7) is 8.85. The lowest BCUT2D eigenvalue weighted by Crippen LogP contribution is -2.26. The van der Waals surface area contributed by atoms with Gasteiger partial charge in [-0.25, -0.2) is 0 Å². The van der Waals surface area contributed by atoms with Gasteiger partial charge in [0.25, 0.3) is 0 Å². The van der Waals surface area contributed by atoms with Crippen LogP contribution in [0.1, 0.15) is 26.7 Å². The van der Waals surface area contributed by atoms with Crippen LogP contribution in [0.25, 0.3) is 0 Å². The number of anilines is 1. The summed E-state index contributed by atoms with van der Waals surface area (Å²) in [7, 11) is 0. The summed E-state index contributed by atoms with van der Waals surface area (Å²) >= 11 is 0. The van der Waals surface area contributed by atoms with Gasteiger partial charge < -0.3 is 10.6 Å². The molecule has 86 valence electrons. The fourth-order valence-corrected chi connectivity index (χ4v) is 1.70. The molecule has 15 heavy (non-hydrogen) atoms. The zero-order valence-electron chi connectivity index (χ0n) is 9.82. The molecule has 0 unspecified atom stereocenters. The number of nitrogens with zero attached hydrogens (tertiary/aromatic N) is 3. The maximum atomic E-state index is 5.54. The highest BCUT2D eigenvalue weighted by Crippen LogP contribution is 1.99. The maximum absolute atomic E-state index is 5.54. The Bertz CT molecular complexity index is 269. The molecule has 0 atom stereocenters. The van der Waals surface area contributed by atoms with Gasteiger partial charge in [-0.2, -0.15) is 5.10 Å². The van der Waals surface area contributed by atoms with E-state index in [0.29, 0.717) is 5.82 Å². The third-order valence-electron chi connectivity index (χ3n) is 2.51. The van der Waals surface area contributed by atoms with Crippen LogP contribution in [0, 0.1) is 0 Å². The first kappa shape index (κ1) is 12.0. The number of hydrogen-bond donors (Lipinski definition) is 1. The second kappa shape index (κ2) is 6.45. The van der Waals surface area contributed by atoms with Crippen molar-refractivity contribution in [1.82, 2.24) is 14.7 Å². The highest BCUT2D eigenvalue weighted by atomic mass is 15.3. The van der Waals surface area contributed by atoms with Crippen molar-refractivity contribution < 1.29 is 0 Å². The average Bonchev–Trinajstić information content (AvgIpc) is 2.63. The molecule has 0 fully saturated rings. The summed E-state index contributed by atoms with van der Waals surface area (Å²) in [6, 6.07) is 1.84. The molecule has 0 amide bonds. The van der Waals surface area contributed by atoms with Gasteiger partial charge >= 0.3 is 0 Å². The maximum Gasteiger partial charge on any atom is 0.145 e. The smallest absolute Gasteiger partial charge is 0.145 e. The molecule has 1 heterocycles. The van der Waals surface area contributed by atoms with Crippen LogP contribution in [0.2, 0.25) is 0 Å². The van der Waals surface area contributed by atoms with Crippen molar-refractivity contribution in [2.45, 2.75) is 33.2 Å². The van der Waals surface area contributed by atoms with Crippen molar-refractivity contribution in [3.63, 3.8) is 0 Å². The van der Waals surface area contributed by atoms with E-state index >= 15 is 0 Å². The van der Waals surface area contributed by atoms with Gasteiger partial charge in [0.15, 0.2) is 0 Å². The molecule has 2 N–H and O–H groups in total. The van der Waals surface area contributed by atoms with Gasteiger partial charge in [0.05, 0.1) is 0 Å². The Labute approximate surface area is 92.1 Å². The number of nitrogens with two attached hydrogens (primary N) is 1. The molecule has 0 saturated heterocycles. The first-order chi connectivity index (χ1) is 7.26. The Kier molecular flexibility index (Phi) is 5.18. The van der Waals surface area contributed by atoms with E-state index in [0.717, 1.165) is 26.1 Å². The van der Waals surface area contributed by atoms with Gasteiger partial charge in [0.1, 0.15) is 5.82 Å². The molecule has 4 heteroatoms. The van der Waals surface area contributed by atoms with Crippen molar-refractivity contribution in [2.75, 3.05) is 25.4 Å². The van der Waals surface area contributed by atoms with Crippen molar-refractivity contribution in [1.29, 1.82) is 0 Å². The van der Waals surface area contributed by atoms with Gasteiger partial charge in [-0.05, 0) is 38.5 Å². The molecule has 0 saturated carbocycles. The van der Waals surface area contributed by atoms with Gasteiger partial charge in [-0.1, -0.05) is 13.8 Å². The SMILES string of the molecule is CCCN(CC)CCCn1ccc(N)n1. The van der Waals surface area contributed by atoms with Crippen LogP contribution in [-0.4, -0.2) is 34.3 Å². The predicted molar refractivity (Wildman–Crippen MR) is 63.7 cm³/mol. The Morgan fingerprint density at radius 1 is 1.40 bits per heavy atom. The van der Waals surface area contributed by atoms with Gasteiger partial charge in [-0.3, -0.25) is 4.68 Å². The topological polar surface area (TPSA) is 47.1 Å². The van der Waals surface area contributed by atoms with Crippen LogP contribution < -0.4 is 5.73 Å². The molecule has 1 aromatic heterocycles. The summed E-state index contributed by atoms with van der Waals surface area (Å²) in [5.74, 6) is 0.607. The van der Waals surface area contributed by atoms with E-state index in [4.69, 9.17) is 5.73 Å². The molecule has 0 radical (unpaired) electrons. The number of aromatic nitrogens is 2. The quantitative estimate of drug-likeness (QED) is 0.743.